The molecule has 0 aromatic carbocycles. The molecular weight excluding hydrogens is 238 g/mol. The number of nitrogens with zero attached hydrogens (tertiary/aromatic N) is 2. The van der Waals surface area contributed by atoms with Crippen LogP contribution in [0.1, 0.15) is 33.5 Å². The molecule has 1 saturated heterocycles. The molecule has 2 heterocycles. The Kier molecular flexibility index (Phi) is 3.61. The smallest absolute Gasteiger partial charge is 0.194 e. The molecule has 0 unspecified atom stereocenters. The molecular formula is C15H25N3O. The Labute approximate surface area is 115 Å². The minimum atomic E-state index is 0.138. The first-order valence-corrected chi connectivity index (χ1v) is 6.89. The van der Waals surface area contributed by atoms with Crippen molar-refractivity contribution in [1.82, 2.24) is 10.2 Å². The first-order valence-electron chi connectivity index (χ1n) is 6.89. The summed E-state index contributed by atoms with van der Waals surface area (Å²) >= 11 is 0. The highest BCUT2D eigenvalue weighted by atomic mass is 16.3. The first kappa shape index (κ1) is 14.0. The van der Waals surface area contributed by atoms with E-state index in [1.165, 1.54) is 0 Å². The quantitative estimate of drug-likeness (QED) is 0.673. The van der Waals surface area contributed by atoms with Gasteiger partial charge in [-0.1, -0.05) is 13.8 Å². The monoisotopic (exact) mass is 263 g/mol. The molecule has 1 aromatic heterocycles. The summed E-state index contributed by atoms with van der Waals surface area (Å²) in [6.07, 6.45) is 2.59. The van der Waals surface area contributed by atoms with E-state index in [9.17, 15) is 0 Å². The van der Waals surface area contributed by atoms with Crippen molar-refractivity contribution in [1.29, 1.82) is 0 Å². The molecule has 1 fully saturated rings. The van der Waals surface area contributed by atoms with Crippen LogP contribution in [0.5, 0.6) is 0 Å². The van der Waals surface area contributed by atoms with Gasteiger partial charge < -0.3 is 14.6 Å². The number of nitrogens with one attached hydrogen (secondary N) is 1. The van der Waals surface area contributed by atoms with E-state index < -0.39 is 0 Å². The fourth-order valence-electron chi connectivity index (χ4n) is 2.45. The lowest BCUT2D eigenvalue weighted by atomic mass is 9.65. The summed E-state index contributed by atoms with van der Waals surface area (Å²) in [5, 5.41) is 3.42. The van der Waals surface area contributed by atoms with E-state index >= 15 is 0 Å². The first-order chi connectivity index (χ1) is 8.88. The molecule has 19 heavy (non-hydrogen) atoms. The van der Waals surface area contributed by atoms with Gasteiger partial charge in [-0.05, 0) is 26.0 Å². The lowest BCUT2D eigenvalue weighted by Crippen LogP contribution is -2.72. The van der Waals surface area contributed by atoms with Crippen molar-refractivity contribution in [2.24, 2.45) is 10.4 Å². The summed E-state index contributed by atoms with van der Waals surface area (Å²) < 4.78 is 5.33. The molecule has 1 aromatic rings. The summed E-state index contributed by atoms with van der Waals surface area (Å²) in [6.45, 7) is 11.0. The Bertz CT molecular complexity index is 446. The van der Waals surface area contributed by atoms with Gasteiger partial charge in [0.1, 0.15) is 5.76 Å². The van der Waals surface area contributed by atoms with Crippen molar-refractivity contribution < 1.29 is 4.42 Å². The summed E-state index contributed by atoms with van der Waals surface area (Å²) in [4.78, 5) is 6.73. The fraction of sp³-hybridized carbons (Fsp3) is 0.667. The zero-order valence-corrected chi connectivity index (χ0v) is 12.7. The number of hydrogen-bond donors (Lipinski definition) is 1. The molecule has 4 heteroatoms. The van der Waals surface area contributed by atoms with Gasteiger partial charge in [0.15, 0.2) is 5.96 Å². The third-order valence-corrected chi connectivity index (χ3v) is 4.59. The highest BCUT2D eigenvalue weighted by Gasteiger charge is 2.53. The van der Waals surface area contributed by atoms with E-state index in [0.717, 1.165) is 31.2 Å². The molecule has 106 valence electrons. The standard InChI is InChI=1S/C15H25N3O/c1-14(2)11-18(15(14,3)4)13(16-5)17-9-8-12-7-6-10-19-12/h6-7,10H,8-9,11H2,1-5H3,(H,16,17). The number of hydrogen-bond acceptors (Lipinski definition) is 2. The van der Waals surface area contributed by atoms with Crippen LogP contribution in [0.15, 0.2) is 27.8 Å². The Morgan fingerprint density at radius 1 is 1.42 bits per heavy atom. The molecule has 0 bridgehead atoms. The van der Waals surface area contributed by atoms with Gasteiger partial charge in [0, 0.05) is 37.5 Å². The number of guanidine groups is 1. The van der Waals surface area contributed by atoms with Crippen LogP contribution in [-0.4, -0.2) is 36.5 Å². The third kappa shape index (κ3) is 2.48. The van der Waals surface area contributed by atoms with E-state index in [2.05, 4.69) is 42.9 Å². The van der Waals surface area contributed by atoms with Crippen LogP contribution in [0.25, 0.3) is 0 Å². The van der Waals surface area contributed by atoms with Crippen LogP contribution >= 0.6 is 0 Å². The molecule has 0 amide bonds. The van der Waals surface area contributed by atoms with Gasteiger partial charge in [0.2, 0.25) is 0 Å². The van der Waals surface area contributed by atoms with Gasteiger partial charge in [-0.3, -0.25) is 4.99 Å². The Morgan fingerprint density at radius 2 is 2.16 bits per heavy atom. The summed E-state index contributed by atoms with van der Waals surface area (Å²) in [7, 11) is 1.84. The van der Waals surface area contributed by atoms with Gasteiger partial charge in [-0.15, -0.1) is 0 Å². The van der Waals surface area contributed by atoms with Crippen LogP contribution in [0, 0.1) is 5.41 Å². The minimum Gasteiger partial charge on any atom is -0.469 e. The zero-order valence-electron chi connectivity index (χ0n) is 12.7. The van der Waals surface area contributed by atoms with Gasteiger partial charge in [-0.25, -0.2) is 0 Å². The van der Waals surface area contributed by atoms with Gasteiger partial charge >= 0.3 is 0 Å². The van der Waals surface area contributed by atoms with Crippen molar-refractivity contribution in [2.45, 2.75) is 39.7 Å². The average Bonchev–Trinajstić information content (AvgIpc) is 2.85. The van der Waals surface area contributed by atoms with Crippen LogP contribution in [0.3, 0.4) is 0 Å². The number of furan rings is 1. The topological polar surface area (TPSA) is 40.8 Å². The molecule has 0 aliphatic carbocycles. The van der Waals surface area contributed by atoms with E-state index in [0.29, 0.717) is 5.41 Å². The Hall–Kier alpha value is -1.45. The molecule has 0 radical (unpaired) electrons. The maximum Gasteiger partial charge on any atom is 0.194 e. The third-order valence-electron chi connectivity index (χ3n) is 4.59. The number of aliphatic imine (C=N–C) groups is 1. The van der Waals surface area contributed by atoms with Crippen molar-refractivity contribution in [3.63, 3.8) is 0 Å². The summed E-state index contributed by atoms with van der Waals surface area (Å²) in [5.41, 5.74) is 0.463. The summed E-state index contributed by atoms with van der Waals surface area (Å²) in [6, 6.07) is 3.92. The van der Waals surface area contributed by atoms with Crippen molar-refractivity contribution in [2.75, 3.05) is 20.1 Å². The van der Waals surface area contributed by atoms with E-state index in [1.807, 2.05) is 19.2 Å². The van der Waals surface area contributed by atoms with Gasteiger partial charge in [0.05, 0.1) is 6.26 Å². The van der Waals surface area contributed by atoms with Crippen LogP contribution < -0.4 is 5.32 Å². The minimum absolute atomic E-state index is 0.138. The maximum absolute atomic E-state index is 5.33. The normalized spacial score (nSPS) is 21.1. The van der Waals surface area contributed by atoms with Crippen molar-refractivity contribution in [3.8, 4) is 0 Å². The van der Waals surface area contributed by atoms with Crippen LogP contribution in [-0.2, 0) is 6.42 Å². The summed E-state index contributed by atoms with van der Waals surface area (Å²) in [5.74, 6) is 1.99. The highest BCUT2D eigenvalue weighted by molar-refractivity contribution is 5.82. The Morgan fingerprint density at radius 3 is 2.63 bits per heavy atom. The fourth-order valence-corrected chi connectivity index (χ4v) is 2.45. The molecule has 2 rings (SSSR count). The lowest BCUT2D eigenvalue weighted by Gasteiger charge is -2.62. The molecule has 4 nitrogen and oxygen atoms in total. The molecule has 0 spiro atoms. The predicted octanol–water partition coefficient (Wildman–Crippen LogP) is 2.52. The number of likely N-dealkylation sites (tertiary alicyclic amines) is 1. The van der Waals surface area contributed by atoms with Gasteiger partial charge in [-0.2, -0.15) is 0 Å². The second kappa shape index (κ2) is 4.91. The molecule has 1 aliphatic heterocycles. The molecule has 0 saturated carbocycles. The maximum atomic E-state index is 5.33. The Balaban J connectivity index is 1.89. The van der Waals surface area contributed by atoms with E-state index in [1.54, 1.807) is 6.26 Å². The lowest BCUT2D eigenvalue weighted by molar-refractivity contribution is -0.0666. The number of rotatable bonds is 3. The predicted molar refractivity (Wildman–Crippen MR) is 78.3 cm³/mol. The molecule has 1 aliphatic rings. The van der Waals surface area contributed by atoms with Crippen molar-refractivity contribution in [3.05, 3.63) is 24.2 Å². The second-order valence-corrected chi connectivity index (χ2v) is 6.33. The van der Waals surface area contributed by atoms with Crippen molar-refractivity contribution >= 4 is 5.96 Å². The van der Waals surface area contributed by atoms with Gasteiger partial charge in [0.25, 0.3) is 0 Å². The molecule has 0 atom stereocenters. The highest BCUT2D eigenvalue weighted by Crippen LogP contribution is 2.46. The van der Waals surface area contributed by atoms with E-state index in [-0.39, 0.29) is 5.54 Å². The largest absolute Gasteiger partial charge is 0.469 e. The second-order valence-electron chi connectivity index (χ2n) is 6.33. The molecule has 1 N–H and O–H groups in total. The zero-order chi connectivity index (χ0) is 14.1. The SMILES string of the molecule is CN=C(NCCc1ccco1)N1CC(C)(C)C1(C)C. The van der Waals surface area contributed by atoms with Crippen LogP contribution in [0.4, 0.5) is 0 Å². The van der Waals surface area contributed by atoms with Crippen LogP contribution in [0.2, 0.25) is 0 Å². The van der Waals surface area contributed by atoms with E-state index in [4.69, 9.17) is 4.42 Å². The average molecular weight is 263 g/mol.